The van der Waals surface area contributed by atoms with Crippen molar-refractivity contribution in [2.24, 2.45) is 0 Å². The number of rotatable bonds is 11. The molecule has 7 nitrogen and oxygen atoms in total. The fraction of sp³-hybridized carbons (Fsp3) is 0.276. The second kappa shape index (κ2) is 16.4. The molecule has 3 aromatic carbocycles. The molecule has 0 aromatic heterocycles. The molecule has 0 aliphatic rings. The van der Waals surface area contributed by atoms with Crippen LogP contribution >= 0.6 is 24.4 Å². The van der Waals surface area contributed by atoms with Gasteiger partial charge in [0, 0.05) is 20.2 Å². The molecular weight excluding hydrogens is 524 g/mol. The normalized spacial score (nSPS) is 10.0. The highest BCUT2D eigenvalue weighted by atomic mass is 32.2. The molecule has 38 heavy (non-hydrogen) atoms. The molecule has 0 heterocycles. The third kappa shape index (κ3) is 10.9. The molecule has 3 aromatic rings. The van der Waals surface area contributed by atoms with Crippen LogP contribution in [-0.2, 0) is 19.1 Å². The Balaban J connectivity index is 0.000000293. The van der Waals surface area contributed by atoms with E-state index in [1.165, 1.54) is 0 Å². The Morgan fingerprint density at radius 2 is 1.26 bits per heavy atom. The molecule has 0 N–H and O–H groups in total. The van der Waals surface area contributed by atoms with Crippen LogP contribution in [0.4, 0.5) is 0 Å². The molecular formula is C29H32O7S2. The van der Waals surface area contributed by atoms with Crippen LogP contribution in [0.25, 0.3) is 0 Å². The van der Waals surface area contributed by atoms with Gasteiger partial charge in [0.15, 0.2) is 13.2 Å². The maximum atomic E-state index is 11.3. The Hall–Kier alpha value is -3.43. The summed E-state index contributed by atoms with van der Waals surface area (Å²) in [6.07, 6.45) is 0.828. The predicted molar refractivity (Wildman–Crippen MR) is 150 cm³/mol. The van der Waals surface area contributed by atoms with Crippen molar-refractivity contribution >= 4 is 42.6 Å². The fourth-order valence-electron chi connectivity index (χ4n) is 3.07. The Bertz CT molecular complexity index is 1210. The molecule has 202 valence electrons. The molecule has 0 unspecified atom stereocenters. The first kappa shape index (κ1) is 30.8. The third-order valence-corrected chi connectivity index (χ3v) is 6.13. The van der Waals surface area contributed by atoms with Crippen LogP contribution in [0.3, 0.4) is 0 Å². The quantitative estimate of drug-likeness (QED) is 0.172. The van der Waals surface area contributed by atoms with Crippen molar-refractivity contribution in [1.29, 1.82) is 0 Å². The number of thiol groups is 1. The molecule has 0 aliphatic carbocycles. The topological polar surface area (TPSA) is 88.1 Å². The standard InChI is InChI=1S/C18H18O4S.C11H14O3S/c1-3-21-18(20)12-22-17-9-8-16(10-13(17)2)23-15-6-4-14(11-19)5-7-15;1-3-13-11(12)7-14-10-5-4-9(15)6-8(10)2/h4-11H,3,12H2,1-2H3;4-6,15H,3,7H2,1-2H3. The summed E-state index contributed by atoms with van der Waals surface area (Å²) in [4.78, 5) is 36.0. The van der Waals surface area contributed by atoms with Gasteiger partial charge >= 0.3 is 11.9 Å². The van der Waals surface area contributed by atoms with Crippen molar-refractivity contribution in [3.8, 4) is 11.5 Å². The van der Waals surface area contributed by atoms with Crippen molar-refractivity contribution in [3.63, 3.8) is 0 Å². The van der Waals surface area contributed by atoms with Gasteiger partial charge in [-0.2, -0.15) is 0 Å². The van der Waals surface area contributed by atoms with Crippen LogP contribution in [0.2, 0.25) is 0 Å². The highest BCUT2D eigenvalue weighted by molar-refractivity contribution is 7.99. The minimum Gasteiger partial charge on any atom is -0.482 e. The fourth-order valence-corrected chi connectivity index (χ4v) is 4.26. The van der Waals surface area contributed by atoms with E-state index in [1.807, 2.05) is 56.3 Å². The molecule has 0 radical (unpaired) electrons. The van der Waals surface area contributed by atoms with Crippen LogP contribution in [-0.4, -0.2) is 44.7 Å². The third-order valence-electron chi connectivity index (χ3n) is 4.86. The highest BCUT2D eigenvalue weighted by Gasteiger charge is 2.07. The molecule has 9 heteroatoms. The molecule has 0 atom stereocenters. The van der Waals surface area contributed by atoms with Gasteiger partial charge in [0.2, 0.25) is 0 Å². The molecule has 0 spiro atoms. The number of benzene rings is 3. The van der Waals surface area contributed by atoms with Crippen molar-refractivity contribution < 1.29 is 33.3 Å². The number of carbonyl (C=O) groups is 3. The van der Waals surface area contributed by atoms with Crippen LogP contribution < -0.4 is 9.47 Å². The molecule has 0 amide bonds. The summed E-state index contributed by atoms with van der Waals surface area (Å²) in [6.45, 7) is 7.93. The van der Waals surface area contributed by atoms with E-state index < -0.39 is 0 Å². The lowest BCUT2D eigenvalue weighted by Gasteiger charge is -2.10. The summed E-state index contributed by atoms with van der Waals surface area (Å²) >= 11 is 5.80. The minimum atomic E-state index is -0.374. The molecule has 0 saturated carbocycles. The van der Waals surface area contributed by atoms with Crippen molar-refractivity contribution in [2.45, 2.75) is 42.4 Å². The summed E-state index contributed by atoms with van der Waals surface area (Å²) in [5, 5.41) is 0. The van der Waals surface area contributed by atoms with E-state index in [0.29, 0.717) is 30.3 Å². The van der Waals surface area contributed by atoms with Gasteiger partial charge in [-0.3, -0.25) is 4.79 Å². The molecule has 0 aliphatic heterocycles. The van der Waals surface area contributed by atoms with Gasteiger partial charge in [-0.15, -0.1) is 12.6 Å². The monoisotopic (exact) mass is 556 g/mol. The number of aldehydes is 1. The molecule has 3 rings (SSSR count). The van der Waals surface area contributed by atoms with Crippen molar-refractivity contribution in [1.82, 2.24) is 0 Å². The minimum absolute atomic E-state index is 0.0550. The zero-order valence-corrected chi connectivity index (χ0v) is 23.6. The zero-order valence-electron chi connectivity index (χ0n) is 21.9. The molecule has 0 saturated heterocycles. The van der Waals surface area contributed by atoms with Gasteiger partial charge in [0.1, 0.15) is 17.8 Å². The second-order valence-corrected chi connectivity index (χ2v) is 9.52. The Morgan fingerprint density at radius 1 is 0.763 bits per heavy atom. The maximum Gasteiger partial charge on any atom is 0.344 e. The summed E-state index contributed by atoms with van der Waals surface area (Å²) in [6, 6.07) is 18.7. The Kier molecular flexibility index (Phi) is 13.3. The van der Waals surface area contributed by atoms with E-state index in [4.69, 9.17) is 18.9 Å². The van der Waals surface area contributed by atoms with Gasteiger partial charge < -0.3 is 18.9 Å². The highest BCUT2D eigenvalue weighted by Crippen LogP contribution is 2.31. The van der Waals surface area contributed by atoms with E-state index in [0.717, 1.165) is 32.1 Å². The lowest BCUT2D eigenvalue weighted by molar-refractivity contribution is -0.146. The largest absolute Gasteiger partial charge is 0.482 e. The predicted octanol–water partition coefficient (Wildman–Crippen LogP) is 6.13. The average Bonchev–Trinajstić information content (AvgIpc) is 2.89. The number of aryl methyl sites for hydroxylation is 2. The smallest absolute Gasteiger partial charge is 0.344 e. The van der Waals surface area contributed by atoms with Crippen LogP contribution in [0.1, 0.15) is 35.3 Å². The Labute approximate surface area is 233 Å². The lowest BCUT2D eigenvalue weighted by atomic mass is 10.2. The first-order chi connectivity index (χ1) is 18.2. The zero-order chi connectivity index (χ0) is 27.9. The summed E-state index contributed by atoms with van der Waals surface area (Å²) < 4.78 is 20.3. The number of carbonyl (C=O) groups excluding carboxylic acids is 3. The van der Waals surface area contributed by atoms with E-state index in [2.05, 4.69) is 12.6 Å². The maximum absolute atomic E-state index is 11.3. The first-order valence-electron chi connectivity index (χ1n) is 12.0. The summed E-state index contributed by atoms with van der Waals surface area (Å²) in [5.41, 5.74) is 2.56. The number of ether oxygens (including phenoxy) is 4. The van der Waals surface area contributed by atoms with E-state index in [9.17, 15) is 14.4 Å². The SMILES string of the molecule is CCOC(=O)COc1ccc(S)cc1C.CCOC(=O)COc1ccc(Sc2ccc(C=O)cc2)cc1C. The number of hydrogen-bond donors (Lipinski definition) is 1. The van der Waals surface area contributed by atoms with Gasteiger partial charge in [-0.25, -0.2) is 9.59 Å². The van der Waals surface area contributed by atoms with E-state index in [1.54, 1.807) is 43.8 Å². The molecule has 0 fully saturated rings. The van der Waals surface area contributed by atoms with Crippen molar-refractivity contribution in [3.05, 3.63) is 77.4 Å². The van der Waals surface area contributed by atoms with Crippen LogP contribution in [0.5, 0.6) is 11.5 Å². The van der Waals surface area contributed by atoms with Crippen molar-refractivity contribution in [2.75, 3.05) is 26.4 Å². The summed E-state index contributed by atoms with van der Waals surface area (Å²) in [5.74, 6) is 0.618. The van der Waals surface area contributed by atoms with E-state index in [-0.39, 0.29) is 25.2 Å². The van der Waals surface area contributed by atoms with Gasteiger partial charge in [0.05, 0.1) is 13.2 Å². The molecule has 0 bridgehead atoms. The van der Waals surface area contributed by atoms with Crippen LogP contribution in [0, 0.1) is 13.8 Å². The summed E-state index contributed by atoms with van der Waals surface area (Å²) in [7, 11) is 0. The second-order valence-electron chi connectivity index (χ2n) is 7.85. The lowest BCUT2D eigenvalue weighted by Crippen LogP contribution is -2.14. The number of esters is 2. The first-order valence-corrected chi connectivity index (χ1v) is 13.2. The Morgan fingerprint density at radius 3 is 1.74 bits per heavy atom. The van der Waals surface area contributed by atoms with Gasteiger partial charge in [0.25, 0.3) is 0 Å². The van der Waals surface area contributed by atoms with Gasteiger partial charge in [-0.1, -0.05) is 23.9 Å². The van der Waals surface area contributed by atoms with Crippen LogP contribution in [0.15, 0.2) is 75.4 Å². The number of hydrogen-bond acceptors (Lipinski definition) is 9. The average molecular weight is 557 g/mol. The van der Waals surface area contributed by atoms with E-state index >= 15 is 0 Å². The van der Waals surface area contributed by atoms with Gasteiger partial charge in [-0.05, 0) is 87.4 Å².